The number of hydrogen-bond donors (Lipinski definition) is 1. The van der Waals surface area contributed by atoms with Crippen LogP contribution in [0, 0.1) is 12.8 Å². The summed E-state index contributed by atoms with van der Waals surface area (Å²) in [6, 6.07) is 16.7. The van der Waals surface area contributed by atoms with Crippen LogP contribution in [0.4, 0.5) is 5.88 Å². The Labute approximate surface area is 153 Å². The van der Waals surface area contributed by atoms with Crippen molar-refractivity contribution in [2.45, 2.75) is 20.8 Å². The van der Waals surface area contributed by atoms with E-state index in [2.05, 4.69) is 24.3 Å². The topological polar surface area (TPSA) is 64.4 Å². The molecule has 0 radical (unpaired) electrons. The van der Waals surface area contributed by atoms with Crippen molar-refractivity contribution in [3.8, 4) is 17.0 Å². The van der Waals surface area contributed by atoms with Gasteiger partial charge in [-0.25, -0.2) is 0 Å². The van der Waals surface area contributed by atoms with Gasteiger partial charge < -0.3 is 9.26 Å². The summed E-state index contributed by atoms with van der Waals surface area (Å²) in [5.41, 5.74) is 3.31. The van der Waals surface area contributed by atoms with Crippen LogP contribution >= 0.6 is 0 Å². The van der Waals surface area contributed by atoms with Gasteiger partial charge in [-0.2, -0.15) is 0 Å². The Morgan fingerprint density at radius 3 is 2.46 bits per heavy atom. The fourth-order valence-electron chi connectivity index (χ4n) is 2.34. The van der Waals surface area contributed by atoms with Gasteiger partial charge in [-0.1, -0.05) is 48.8 Å². The SMILES string of the molecule is Cc1ccc(-c2cc(NC(=O)c3ccc(OCC(C)C)cc3)on2)cc1. The Morgan fingerprint density at radius 1 is 1.12 bits per heavy atom. The monoisotopic (exact) mass is 350 g/mol. The molecule has 0 saturated carbocycles. The van der Waals surface area contributed by atoms with E-state index in [1.165, 1.54) is 5.56 Å². The number of ether oxygens (including phenoxy) is 1. The molecule has 26 heavy (non-hydrogen) atoms. The average molecular weight is 350 g/mol. The molecular formula is C21H22N2O3. The van der Waals surface area contributed by atoms with Crippen molar-refractivity contribution in [1.29, 1.82) is 0 Å². The van der Waals surface area contributed by atoms with Crippen LogP contribution in [0.1, 0.15) is 29.8 Å². The molecule has 134 valence electrons. The molecule has 0 aliphatic rings. The third kappa shape index (κ3) is 4.51. The van der Waals surface area contributed by atoms with Gasteiger partial charge in [0.05, 0.1) is 6.61 Å². The highest BCUT2D eigenvalue weighted by molar-refractivity contribution is 6.03. The molecule has 0 bridgehead atoms. The molecule has 3 rings (SSSR count). The Hall–Kier alpha value is -3.08. The summed E-state index contributed by atoms with van der Waals surface area (Å²) in [4.78, 5) is 12.3. The second kappa shape index (κ2) is 7.87. The first-order valence-electron chi connectivity index (χ1n) is 8.59. The lowest BCUT2D eigenvalue weighted by atomic mass is 10.1. The predicted octanol–water partition coefficient (Wildman–Crippen LogP) is 4.94. The van der Waals surface area contributed by atoms with Crippen LogP contribution in [0.3, 0.4) is 0 Å². The molecule has 5 nitrogen and oxygen atoms in total. The molecule has 2 aromatic carbocycles. The van der Waals surface area contributed by atoms with Crippen molar-refractivity contribution < 1.29 is 14.1 Å². The van der Waals surface area contributed by atoms with Gasteiger partial charge in [-0.3, -0.25) is 10.1 Å². The van der Waals surface area contributed by atoms with Crippen molar-refractivity contribution in [3.63, 3.8) is 0 Å². The molecule has 0 atom stereocenters. The number of anilines is 1. The van der Waals surface area contributed by atoms with Crippen molar-refractivity contribution in [2.75, 3.05) is 11.9 Å². The van der Waals surface area contributed by atoms with Crippen molar-refractivity contribution >= 4 is 11.8 Å². The van der Waals surface area contributed by atoms with Gasteiger partial charge in [0, 0.05) is 17.2 Å². The zero-order valence-corrected chi connectivity index (χ0v) is 15.2. The largest absolute Gasteiger partial charge is 0.493 e. The summed E-state index contributed by atoms with van der Waals surface area (Å²) in [5, 5.41) is 6.73. The standard InChI is InChI=1S/C21H22N2O3/c1-14(2)13-25-18-10-8-17(9-11-18)21(24)22-20-12-19(23-26-20)16-6-4-15(3)5-7-16/h4-12,14H,13H2,1-3H3,(H,22,24). The van der Waals surface area contributed by atoms with Crippen LogP contribution < -0.4 is 10.1 Å². The number of aromatic nitrogens is 1. The van der Waals surface area contributed by atoms with E-state index < -0.39 is 0 Å². The smallest absolute Gasteiger partial charge is 0.258 e. The van der Waals surface area contributed by atoms with Gasteiger partial charge in [0.2, 0.25) is 5.88 Å². The summed E-state index contributed by atoms with van der Waals surface area (Å²) < 4.78 is 10.8. The molecule has 0 saturated heterocycles. The summed E-state index contributed by atoms with van der Waals surface area (Å²) in [6.07, 6.45) is 0. The summed E-state index contributed by atoms with van der Waals surface area (Å²) in [7, 11) is 0. The van der Waals surface area contributed by atoms with E-state index in [-0.39, 0.29) is 5.91 Å². The van der Waals surface area contributed by atoms with E-state index in [9.17, 15) is 4.79 Å². The van der Waals surface area contributed by atoms with Gasteiger partial charge in [-0.05, 0) is 37.1 Å². The average Bonchev–Trinajstić information content (AvgIpc) is 3.09. The van der Waals surface area contributed by atoms with E-state index in [0.717, 1.165) is 11.3 Å². The highest BCUT2D eigenvalue weighted by Gasteiger charge is 2.11. The number of carbonyl (C=O) groups excluding carboxylic acids is 1. The minimum atomic E-state index is -0.257. The van der Waals surface area contributed by atoms with Gasteiger partial charge in [0.25, 0.3) is 5.91 Å². The lowest BCUT2D eigenvalue weighted by Crippen LogP contribution is -2.11. The van der Waals surface area contributed by atoms with Crippen molar-refractivity contribution in [3.05, 3.63) is 65.7 Å². The molecule has 1 N–H and O–H groups in total. The van der Waals surface area contributed by atoms with Crippen LogP contribution in [0.2, 0.25) is 0 Å². The van der Waals surface area contributed by atoms with Gasteiger partial charge in [-0.15, -0.1) is 0 Å². The molecule has 5 heteroatoms. The molecule has 0 aliphatic carbocycles. The second-order valence-electron chi connectivity index (χ2n) is 6.63. The first kappa shape index (κ1) is 17.7. The van der Waals surface area contributed by atoms with Gasteiger partial charge in [0.15, 0.2) is 0 Å². The lowest BCUT2D eigenvalue weighted by molar-refractivity contribution is 0.102. The lowest BCUT2D eigenvalue weighted by Gasteiger charge is -2.09. The van der Waals surface area contributed by atoms with E-state index in [1.54, 1.807) is 30.3 Å². The second-order valence-corrected chi connectivity index (χ2v) is 6.63. The van der Waals surface area contributed by atoms with E-state index in [4.69, 9.17) is 9.26 Å². The third-order valence-corrected chi connectivity index (χ3v) is 3.79. The molecule has 0 spiro atoms. The number of amides is 1. The fourth-order valence-corrected chi connectivity index (χ4v) is 2.34. The number of nitrogens with one attached hydrogen (secondary N) is 1. The van der Waals surface area contributed by atoms with Crippen LogP contribution in [-0.2, 0) is 0 Å². The molecule has 3 aromatic rings. The molecular weight excluding hydrogens is 328 g/mol. The molecule has 0 unspecified atom stereocenters. The third-order valence-electron chi connectivity index (χ3n) is 3.79. The first-order valence-corrected chi connectivity index (χ1v) is 8.59. The molecule has 1 heterocycles. The first-order chi connectivity index (χ1) is 12.5. The molecule has 1 amide bonds. The van der Waals surface area contributed by atoms with Crippen LogP contribution in [0.15, 0.2) is 59.1 Å². The maximum atomic E-state index is 12.3. The molecule has 0 fully saturated rings. The number of benzene rings is 2. The van der Waals surface area contributed by atoms with Gasteiger partial charge >= 0.3 is 0 Å². The number of rotatable bonds is 6. The van der Waals surface area contributed by atoms with E-state index in [1.807, 2.05) is 31.2 Å². The van der Waals surface area contributed by atoms with Crippen molar-refractivity contribution in [2.24, 2.45) is 5.92 Å². The molecule has 0 aliphatic heterocycles. The summed E-state index contributed by atoms with van der Waals surface area (Å²) in [5.74, 6) is 1.25. The van der Waals surface area contributed by atoms with Crippen LogP contribution in [0.5, 0.6) is 5.75 Å². The maximum Gasteiger partial charge on any atom is 0.258 e. The normalized spacial score (nSPS) is 10.8. The zero-order valence-electron chi connectivity index (χ0n) is 15.2. The number of nitrogens with zero attached hydrogens (tertiary/aromatic N) is 1. The zero-order chi connectivity index (χ0) is 18.5. The molecule has 1 aromatic heterocycles. The number of hydrogen-bond acceptors (Lipinski definition) is 4. The Bertz CT molecular complexity index is 865. The minimum Gasteiger partial charge on any atom is -0.493 e. The fraction of sp³-hybridized carbons (Fsp3) is 0.238. The Balaban J connectivity index is 1.64. The van der Waals surface area contributed by atoms with Gasteiger partial charge in [0.1, 0.15) is 11.4 Å². The number of aryl methyl sites for hydroxylation is 1. The Kier molecular flexibility index (Phi) is 5.37. The summed E-state index contributed by atoms with van der Waals surface area (Å²) >= 11 is 0. The Morgan fingerprint density at radius 2 is 1.81 bits per heavy atom. The van der Waals surface area contributed by atoms with E-state index in [0.29, 0.717) is 29.7 Å². The minimum absolute atomic E-state index is 0.257. The van der Waals surface area contributed by atoms with E-state index >= 15 is 0 Å². The predicted molar refractivity (Wildman–Crippen MR) is 101 cm³/mol. The van der Waals surface area contributed by atoms with Crippen LogP contribution in [-0.4, -0.2) is 17.7 Å². The summed E-state index contributed by atoms with van der Waals surface area (Å²) in [6.45, 7) is 6.84. The van der Waals surface area contributed by atoms with Crippen LogP contribution in [0.25, 0.3) is 11.3 Å². The number of carbonyl (C=O) groups is 1. The highest BCUT2D eigenvalue weighted by Crippen LogP contribution is 2.22. The van der Waals surface area contributed by atoms with Crippen molar-refractivity contribution in [1.82, 2.24) is 5.16 Å². The quantitative estimate of drug-likeness (QED) is 0.684. The highest BCUT2D eigenvalue weighted by atomic mass is 16.5. The maximum absolute atomic E-state index is 12.3.